The van der Waals surface area contributed by atoms with Crippen LogP contribution in [0.3, 0.4) is 0 Å². The van der Waals surface area contributed by atoms with Gasteiger partial charge in [-0.15, -0.1) is 10.2 Å². The summed E-state index contributed by atoms with van der Waals surface area (Å²) in [6, 6.07) is 10.0. The minimum Gasteiger partial charge on any atom is -0.338 e. The van der Waals surface area contributed by atoms with Crippen molar-refractivity contribution >= 4 is 6.03 Å². The molecule has 0 fully saturated rings. The molecule has 1 N–H and O–H groups in total. The summed E-state index contributed by atoms with van der Waals surface area (Å²) in [5, 5.41) is 15.3. The second-order valence-corrected chi connectivity index (χ2v) is 6.70. The average molecular weight is 367 g/mol. The van der Waals surface area contributed by atoms with E-state index in [1.165, 1.54) is 0 Å². The summed E-state index contributed by atoms with van der Waals surface area (Å²) in [7, 11) is 3.67. The van der Waals surface area contributed by atoms with Crippen LogP contribution in [-0.2, 0) is 20.0 Å². The van der Waals surface area contributed by atoms with Gasteiger partial charge in [-0.25, -0.2) is 9.48 Å². The lowest BCUT2D eigenvalue weighted by Crippen LogP contribution is -2.38. The van der Waals surface area contributed by atoms with Gasteiger partial charge in [-0.1, -0.05) is 12.1 Å². The Morgan fingerprint density at radius 3 is 2.74 bits per heavy atom. The number of amides is 2. The van der Waals surface area contributed by atoms with Gasteiger partial charge in [0, 0.05) is 39.3 Å². The van der Waals surface area contributed by atoms with Crippen LogP contribution < -0.4 is 5.32 Å². The number of carbonyl (C=O) groups excluding carboxylic acids is 1. The Balaban J connectivity index is 1.58. The Morgan fingerprint density at radius 1 is 1.26 bits per heavy atom. The fourth-order valence-electron chi connectivity index (χ4n) is 2.97. The van der Waals surface area contributed by atoms with Crippen LogP contribution in [0.1, 0.15) is 22.8 Å². The molecule has 0 spiro atoms. The first-order valence-corrected chi connectivity index (χ1v) is 8.88. The lowest BCUT2D eigenvalue weighted by atomic mass is 10.2. The summed E-state index contributed by atoms with van der Waals surface area (Å²) in [6.07, 6.45) is 2.29. The fraction of sp³-hybridized carbons (Fsp3) is 0.368. The van der Waals surface area contributed by atoms with Crippen LogP contribution in [0.15, 0.2) is 36.7 Å². The molecule has 0 bridgehead atoms. The zero-order chi connectivity index (χ0) is 19.4. The van der Waals surface area contributed by atoms with Crippen molar-refractivity contribution in [2.75, 3.05) is 13.6 Å². The number of benzene rings is 1. The monoisotopic (exact) mass is 367 g/mol. The maximum absolute atomic E-state index is 12.3. The third-order valence-corrected chi connectivity index (χ3v) is 4.36. The summed E-state index contributed by atoms with van der Waals surface area (Å²) >= 11 is 0. The third kappa shape index (κ3) is 4.52. The Hall–Kier alpha value is -3.16. The predicted octanol–water partition coefficient (Wildman–Crippen LogP) is 2.00. The number of nitrogens with one attached hydrogen (secondary N) is 1. The first-order valence-electron chi connectivity index (χ1n) is 8.88. The summed E-state index contributed by atoms with van der Waals surface area (Å²) in [6.45, 7) is 5.04. The second-order valence-electron chi connectivity index (χ2n) is 6.70. The molecule has 0 radical (unpaired) electrons. The molecular weight excluding hydrogens is 342 g/mol. The van der Waals surface area contributed by atoms with E-state index in [0.717, 1.165) is 28.5 Å². The highest BCUT2D eigenvalue weighted by Gasteiger charge is 2.11. The van der Waals surface area contributed by atoms with Crippen LogP contribution >= 0.6 is 0 Å². The van der Waals surface area contributed by atoms with Crippen LogP contribution in [0.5, 0.6) is 0 Å². The Labute approximate surface area is 158 Å². The van der Waals surface area contributed by atoms with Crippen molar-refractivity contribution in [3.05, 3.63) is 59.4 Å². The number of urea groups is 1. The van der Waals surface area contributed by atoms with E-state index in [2.05, 4.69) is 26.7 Å². The normalized spacial score (nSPS) is 10.8. The Bertz CT molecular complexity index is 928. The standard InChI is InChI=1S/C19H25N7O/c1-14-10-15(2)26(23-14)17-7-5-6-16(11-17)12-24(3)19(27)20-9-8-18-22-21-13-25(18)4/h5-7,10-11,13H,8-9,12H2,1-4H3,(H,20,27). The van der Waals surface area contributed by atoms with Crippen LogP contribution in [0.25, 0.3) is 5.69 Å². The number of rotatable bonds is 6. The molecule has 142 valence electrons. The molecule has 0 saturated heterocycles. The zero-order valence-electron chi connectivity index (χ0n) is 16.2. The lowest BCUT2D eigenvalue weighted by Gasteiger charge is -2.18. The molecule has 8 heteroatoms. The number of hydrogen-bond donors (Lipinski definition) is 1. The molecular formula is C19H25N7O. The maximum atomic E-state index is 12.3. The average Bonchev–Trinajstić information content (AvgIpc) is 3.19. The highest BCUT2D eigenvalue weighted by Crippen LogP contribution is 2.15. The van der Waals surface area contributed by atoms with Gasteiger partial charge in [-0.05, 0) is 37.6 Å². The van der Waals surface area contributed by atoms with Gasteiger partial charge in [-0.3, -0.25) is 0 Å². The quantitative estimate of drug-likeness (QED) is 0.723. The number of aromatic nitrogens is 5. The lowest BCUT2D eigenvalue weighted by molar-refractivity contribution is 0.207. The molecule has 0 unspecified atom stereocenters. The van der Waals surface area contributed by atoms with Gasteiger partial charge in [0.15, 0.2) is 0 Å². The predicted molar refractivity (Wildman–Crippen MR) is 103 cm³/mol. The highest BCUT2D eigenvalue weighted by molar-refractivity contribution is 5.73. The number of carbonyl (C=O) groups is 1. The van der Waals surface area contributed by atoms with Gasteiger partial charge in [0.2, 0.25) is 0 Å². The third-order valence-electron chi connectivity index (χ3n) is 4.36. The summed E-state index contributed by atoms with van der Waals surface area (Å²) < 4.78 is 3.76. The number of nitrogens with zero attached hydrogens (tertiary/aromatic N) is 6. The van der Waals surface area contributed by atoms with Gasteiger partial charge in [0.1, 0.15) is 12.2 Å². The maximum Gasteiger partial charge on any atom is 0.317 e. The molecule has 3 aromatic rings. The van der Waals surface area contributed by atoms with Crippen LogP contribution in [0, 0.1) is 13.8 Å². The first kappa shape index (κ1) is 18.6. The van der Waals surface area contributed by atoms with Gasteiger partial charge in [0.05, 0.1) is 11.4 Å². The van der Waals surface area contributed by atoms with E-state index in [9.17, 15) is 4.79 Å². The van der Waals surface area contributed by atoms with Gasteiger partial charge >= 0.3 is 6.03 Å². The van der Waals surface area contributed by atoms with E-state index in [4.69, 9.17) is 0 Å². The molecule has 2 heterocycles. The van der Waals surface area contributed by atoms with Gasteiger partial charge < -0.3 is 14.8 Å². The van der Waals surface area contributed by atoms with Crippen molar-refractivity contribution in [1.82, 2.24) is 34.8 Å². The topological polar surface area (TPSA) is 80.9 Å². The van der Waals surface area contributed by atoms with E-state index in [1.54, 1.807) is 18.3 Å². The van der Waals surface area contributed by atoms with E-state index >= 15 is 0 Å². The smallest absolute Gasteiger partial charge is 0.317 e. The summed E-state index contributed by atoms with van der Waals surface area (Å²) in [5.41, 5.74) is 4.11. The molecule has 0 aliphatic rings. The van der Waals surface area contributed by atoms with Crippen molar-refractivity contribution in [1.29, 1.82) is 0 Å². The van der Waals surface area contributed by atoms with E-state index in [1.807, 2.05) is 54.4 Å². The number of aryl methyl sites for hydroxylation is 3. The van der Waals surface area contributed by atoms with Crippen molar-refractivity contribution in [2.24, 2.45) is 7.05 Å². The van der Waals surface area contributed by atoms with E-state index in [0.29, 0.717) is 19.5 Å². The molecule has 1 aromatic carbocycles. The van der Waals surface area contributed by atoms with E-state index in [-0.39, 0.29) is 6.03 Å². The molecule has 0 aliphatic carbocycles. The molecule has 27 heavy (non-hydrogen) atoms. The van der Waals surface area contributed by atoms with E-state index < -0.39 is 0 Å². The zero-order valence-corrected chi connectivity index (χ0v) is 16.2. The second kappa shape index (κ2) is 8.03. The van der Waals surface area contributed by atoms with Crippen molar-refractivity contribution in [3.63, 3.8) is 0 Å². The molecule has 3 rings (SSSR count). The van der Waals surface area contributed by atoms with Crippen molar-refractivity contribution in [2.45, 2.75) is 26.8 Å². The fourth-order valence-corrected chi connectivity index (χ4v) is 2.97. The van der Waals surface area contributed by atoms with Gasteiger partial charge in [-0.2, -0.15) is 5.10 Å². The summed E-state index contributed by atoms with van der Waals surface area (Å²) in [4.78, 5) is 14.0. The molecule has 0 atom stereocenters. The van der Waals surface area contributed by atoms with Crippen LogP contribution in [0.4, 0.5) is 4.79 Å². The summed E-state index contributed by atoms with van der Waals surface area (Å²) in [5.74, 6) is 0.843. The van der Waals surface area contributed by atoms with Crippen molar-refractivity contribution in [3.8, 4) is 5.69 Å². The SMILES string of the molecule is Cc1cc(C)n(-c2cccc(CN(C)C(=O)NCCc3nncn3C)c2)n1. The van der Waals surface area contributed by atoms with Gasteiger partial charge in [0.25, 0.3) is 0 Å². The molecule has 8 nitrogen and oxygen atoms in total. The van der Waals surface area contributed by atoms with Crippen LogP contribution in [0.2, 0.25) is 0 Å². The van der Waals surface area contributed by atoms with Crippen molar-refractivity contribution < 1.29 is 4.79 Å². The first-order chi connectivity index (χ1) is 12.9. The minimum absolute atomic E-state index is 0.117. The van der Waals surface area contributed by atoms with Crippen LogP contribution in [-0.4, -0.2) is 49.1 Å². The molecule has 0 aliphatic heterocycles. The Morgan fingerprint density at radius 2 is 2.07 bits per heavy atom. The molecule has 2 aromatic heterocycles. The molecule has 0 saturated carbocycles. The minimum atomic E-state index is -0.117. The Kier molecular flexibility index (Phi) is 5.54. The molecule has 2 amide bonds. The largest absolute Gasteiger partial charge is 0.338 e. The number of hydrogen-bond acceptors (Lipinski definition) is 4. The highest BCUT2D eigenvalue weighted by atomic mass is 16.2.